The molecule has 158 valence electrons. The number of ether oxygens (including phenoxy) is 3. The largest absolute Gasteiger partial charge is 0.492 e. The first-order valence-electron chi connectivity index (χ1n) is 9.41. The lowest BCUT2D eigenvalue weighted by molar-refractivity contribution is 0.0672. The lowest BCUT2D eigenvalue weighted by Crippen LogP contribution is -2.40. The average molecular weight is 513 g/mol. The van der Waals surface area contributed by atoms with Crippen LogP contribution in [-0.4, -0.2) is 44.1 Å². The van der Waals surface area contributed by atoms with Crippen molar-refractivity contribution in [3.05, 3.63) is 54.1 Å². The maximum Gasteiger partial charge on any atom is 0.231 e. The number of hydrogen-bond donors (Lipinski definition) is 3. The predicted molar refractivity (Wildman–Crippen MR) is 123 cm³/mol. The Balaban J connectivity index is 0.00000300. The molecule has 7 nitrogen and oxygen atoms in total. The highest BCUT2D eigenvalue weighted by atomic mass is 127. The zero-order chi connectivity index (χ0) is 19.8. The maximum absolute atomic E-state index is 10.7. The third-order valence-electron chi connectivity index (χ3n) is 4.29. The molecule has 0 aliphatic carbocycles. The highest BCUT2D eigenvalue weighted by molar-refractivity contribution is 14.0. The van der Waals surface area contributed by atoms with E-state index < -0.39 is 5.60 Å². The van der Waals surface area contributed by atoms with Gasteiger partial charge in [-0.2, -0.15) is 0 Å². The molecular weight excluding hydrogens is 485 g/mol. The zero-order valence-electron chi connectivity index (χ0n) is 16.7. The molecule has 0 fully saturated rings. The fraction of sp³-hybridized carbons (Fsp3) is 0.381. The van der Waals surface area contributed by atoms with E-state index in [0.717, 1.165) is 23.6 Å². The van der Waals surface area contributed by atoms with E-state index in [9.17, 15) is 5.11 Å². The van der Waals surface area contributed by atoms with E-state index in [4.69, 9.17) is 14.2 Å². The number of rotatable bonds is 8. The predicted octanol–water partition coefficient (Wildman–Crippen LogP) is 2.87. The molecule has 8 heteroatoms. The number of aliphatic imine (C=N–C) groups is 1. The number of halogens is 1. The first-order chi connectivity index (χ1) is 13.6. The highest BCUT2D eigenvalue weighted by Gasteiger charge is 2.22. The minimum absolute atomic E-state index is 0. The molecule has 3 N–H and O–H groups in total. The second-order valence-electron chi connectivity index (χ2n) is 6.63. The van der Waals surface area contributed by atoms with Crippen molar-refractivity contribution in [1.29, 1.82) is 0 Å². The van der Waals surface area contributed by atoms with E-state index in [-0.39, 0.29) is 37.3 Å². The molecular formula is C21H28IN3O4. The van der Waals surface area contributed by atoms with Crippen molar-refractivity contribution in [2.75, 3.05) is 33.0 Å². The molecule has 2 aromatic carbocycles. The van der Waals surface area contributed by atoms with Gasteiger partial charge in [-0.1, -0.05) is 30.3 Å². The Labute approximate surface area is 188 Å². The number of nitrogens with zero attached hydrogens (tertiary/aromatic N) is 1. The van der Waals surface area contributed by atoms with Gasteiger partial charge in [-0.25, -0.2) is 4.99 Å². The quantitative estimate of drug-likeness (QED) is 0.218. The lowest BCUT2D eigenvalue weighted by atomic mass is 9.96. The first-order valence-corrected chi connectivity index (χ1v) is 9.41. The van der Waals surface area contributed by atoms with Crippen LogP contribution in [0.4, 0.5) is 0 Å². The van der Waals surface area contributed by atoms with Gasteiger partial charge >= 0.3 is 0 Å². The SMILES string of the molecule is CCNC(=NCC(C)(O)c1ccccc1)NCCOc1ccc2c(c1)OCO2.I. The third kappa shape index (κ3) is 6.67. The molecule has 0 radical (unpaired) electrons. The molecule has 0 spiro atoms. The van der Waals surface area contributed by atoms with Crippen molar-refractivity contribution >= 4 is 29.9 Å². The van der Waals surface area contributed by atoms with Crippen molar-refractivity contribution < 1.29 is 19.3 Å². The molecule has 1 aliphatic rings. The van der Waals surface area contributed by atoms with E-state index in [1.165, 1.54) is 0 Å². The number of guanidine groups is 1. The van der Waals surface area contributed by atoms with Gasteiger partial charge < -0.3 is 30.0 Å². The van der Waals surface area contributed by atoms with Crippen molar-refractivity contribution in [2.45, 2.75) is 19.4 Å². The normalized spacial score (nSPS) is 14.5. The minimum atomic E-state index is -1.04. The smallest absolute Gasteiger partial charge is 0.231 e. The van der Waals surface area contributed by atoms with Gasteiger partial charge in [0.1, 0.15) is 18.0 Å². The molecule has 29 heavy (non-hydrogen) atoms. The van der Waals surface area contributed by atoms with Crippen LogP contribution in [-0.2, 0) is 5.60 Å². The van der Waals surface area contributed by atoms with Crippen molar-refractivity contribution in [3.63, 3.8) is 0 Å². The zero-order valence-corrected chi connectivity index (χ0v) is 19.0. The van der Waals surface area contributed by atoms with Gasteiger partial charge in [0.15, 0.2) is 17.5 Å². The molecule has 1 aliphatic heterocycles. The Hall–Kier alpha value is -2.20. The number of aliphatic hydroxyl groups is 1. The van der Waals surface area contributed by atoms with Crippen LogP contribution < -0.4 is 24.8 Å². The standard InChI is InChI=1S/C21H27N3O4.HI/c1-3-22-20(24-14-21(2,25)16-7-5-4-6-8-16)23-11-12-26-17-9-10-18-19(13-17)28-15-27-18;/h4-10,13,25H,3,11-12,14-15H2,1-2H3,(H2,22,23,24);1H. The minimum Gasteiger partial charge on any atom is -0.492 e. The molecule has 0 saturated carbocycles. The van der Waals surface area contributed by atoms with E-state index in [2.05, 4.69) is 15.6 Å². The summed E-state index contributed by atoms with van der Waals surface area (Å²) >= 11 is 0. The second kappa shape index (κ2) is 11.1. The maximum atomic E-state index is 10.7. The van der Waals surface area contributed by atoms with Crippen LogP contribution in [0.1, 0.15) is 19.4 Å². The van der Waals surface area contributed by atoms with Crippen molar-refractivity contribution in [1.82, 2.24) is 10.6 Å². The Morgan fingerprint density at radius 3 is 2.66 bits per heavy atom. The van der Waals surface area contributed by atoms with Crippen molar-refractivity contribution in [2.24, 2.45) is 4.99 Å². The van der Waals surface area contributed by atoms with Gasteiger partial charge in [-0.15, -0.1) is 24.0 Å². The van der Waals surface area contributed by atoms with Gasteiger partial charge in [0.25, 0.3) is 0 Å². The van der Waals surface area contributed by atoms with Crippen LogP contribution in [0, 0.1) is 0 Å². The first kappa shape index (κ1) is 23.1. The molecule has 1 heterocycles. The van der Waals surface area contributed by atoms with Gasteiger partial charge in [0, 0.05) is 12.6 Å². The third-order valence-corrected chi connectivity index (χ3v) is 4.29. The second-order valence-corrected chi connectivity index (χ2v) is 6.63. The van der Waals surface area contributed by atoms with E-state index in [1.807, 2.05) is 55.5 Å². The highest BCUT2D eigenvalue weighted by Crippen LogP contribution is 2.34. The molecule has 1 atom stereocenters. The molecule has 1 unspecified atom stereocenters. The van der Waals surface area contributed by atoms with Gasteiger partial charge in [-0.3, -0.25) is 0 Å². The summed E-state index contributed by atoms with van der Waals surface area (Å²) < 4.78 is 16.4. The van der Waals surface area contributed by atoms with Gasteiger partial charge in [0.05, 0.1) is 13.1 Å². The molecule has 0 aromatic heterocycles. The molecule has 3 rings (SSSR count). The summed E-state index contributed by atoms with van der Waals surface area (Å²) in [7, 11) is 0. The summed E-state index contributed by atoms with van der Waals surface area (Å²) in [6, 6.07) is 15.0. The number of nitrogens with one attached hydrogen (secondary N) is 2. The lowest BCUT2D eigenvalue weighted by Gasteiger charge is -2.22. The summed E-state index contributed by atoms with van der Waals surface area (Å²) in [4.78, 5) is 4.51. The summed E-state index contributed by atoms with van der Waals surface area (Å²) in [5.74, 6) is 2.79. The van der Waals surface area contributed by atoms with Crippen LogP contribution >= 0.6 is 24.0 Å². The summed E-state index contributed by atoms with van der Waals surface area (Å²) in [5.41, 5.74) is -0.201. The van der Waals surface area contributed by atoms with E-state index in [1.54, 1.807) is 6.92 Å². The number of benzene rings is 2. The average Bonchev–Trinajstić information content (AvgIpc) is 3.18. The van der Waals surface area contributed by atoms with Crippen LogP contribution in [0.15, 0.2) is 53.5 Å². The summed E-state index contributed by atoms with van der Waals surface area (Å²) in [6.45, 7) is 5.99. The van der Waals surface area contributed by atoms with Gasteiger partial charge in [-0.05, 0) is 31.5 Å². The molecule has 0 amide bonds. The molecule has 2 aromatic rings. The fourth-order valence-corrected chi connectivity index (χ4v) is 2.77. The monoisotopic (exact) mass is 513 g/mol. The fourth-order valence-electron chi connectivity index (χ4n) is 2.77. The Kier molecular flexibility index (Phi) is 8.84. The van der Waals surface area contributed by atoms with Crippen LogP contribution in [0.25, 0.3) is 0 Å². The van der Waals surface area contributed by atoms with E-state index in [0.29, 0.717) is 24.9 Å². The van der Waals surface area contributed by atoms with Gasteiger partial charge in [0.2, 0.25) is 6.79 Å². The van der Waals surface area contributed by atoms with Crippen LogP contribution in [0.2, 0.25) is 0 Å². The Bertz CT molecular complexity index is 800. The molecule has 0 saturated heterocycles. The number of fused-ring (bicyclic) bond motifs is 1. The topological polar surface area (TPSA) is 84.3 Å². The van der Waals surface area contributed by atoms with Crippen LogP contribution in [0.3, 0.4) is 0 Å². The number of hydrogen-bond acceptors (Lipinski definition) is 5. The molecule has 0 bridgehead atoms. The Morgan fingerprint density at radius 2 is 1.90 bits per heavy atom. The Morgan fingerprint density at radius 1 is 1.14 bits per heavy atom. The summed E-state index contributed by atoms with van der Waals surface area (Å²) in [6.07, 6.45) is 0. The van der Waals surface area contributed by atoms with Crippen molar-refractivity contribution in [3.8, 4) is 17.2 Å². The van der Waals surface area contributed by atoms with E-state index >= 15 is 0 Å². The van der Waals surface area contributed by atoms with Crippen LogP contribution in [0.5, 0.6) is 17.2 Å². The summed E-state index contributed by atoms with van der Waals surface area (Å²) in [5, 5.41) is 17.1.